The van der Waals surface area contributed by atoms with E-state index in [4.69, 9.17) is 9.47 Å². The van der Waals surface area contributed by atoms with Crippen molar-refractivity contribution < 1.29 is 23.5 Å². The Morgan fingerprint density at radius 2 is 2.19 bits per heavy atom. The first-order chi connectivity index (χ1) is 20.3. The number of nitrogens with zero attached hydrogens (tertiary/aromatic N) is 2. The van der Waals surface area contributed by atoms with Crippen LogP contribution in [-0.2, 0) is 16.0 Å². The van der Waals surface area contributed by atoms with E-state index in [0.29, 0.717) is 66.3 Å². The van der Waals surface area contributed by atoms with Crippen LogP contribution in [0.15, 0.2) is 48.8 Å². The van der Waals surface area contributed by atoms with E-state index in [2.05, 4.69) is 37.8 Å². The van der Waals surface area contributed by atoms with Crippen LogP contribution in [0.1, 0.15) is 28.0 Å². The normalized spacial score (nSPS) is 17.9. The van der Waals surface area contributed by atoms with Crippen molar-refractivity contribution in [1.29, 1.82) is 0 Å². The number of carbonyl (C=O) groups excluding carboxylic acids is 2. The molecule has 0 unspecified atom stereocenters. The molecule has 2 aromatic heterocycles. The zero-order valence-electron chi connectivity index (χ0n) is 23.8. The SMILES string of the molecule is COc1c(F)cccc1Nc1c(-c2ccncc2C#C[C@@]2(NC(=O)/C=C/CN(C)C)CCOC2)[nH]c2c1C(=O)NCC2. The van der Waals surface area contributed by atoms with Crippen molar-refractivity contribution in [1.82, 2.24) is 25.5 Å². The lowest BCUT2D eigenvalue weighted by Crippen LogP contribution is -2.47. The molecule has 42 heavy (non-hydrogen) atoms. The number of fused-ring (bicyclic) bond motifs is 1. The first-order valence-electron chi connectivity index (χ1n) is 13.6. The second-order valence-corrected chi connectivity index (χ2v) is 10.4. The van der Waals surface area contributed by atoms with Crippen molar-refractivity contribution in [2.45, 2.75) is 18.4 Å². The van der Waals surface area contributed by atoms with Gasteiger partial charge in [-0.1, -0.05) is 24.0 Å². The lowest BCUT2D eigenvalue weighted by molar-refractivity contribution is -0.117. The fraction of sp³-hybridized carbons (Fsp3) is 0.323. The van der Waals surface area contributed by atoms with E-state index >= 15 is 0 Å². The Morgan fingerprint density at radius 1 is 1.33 bits per heavy atom. The van der Waals surface area contributed by atoms with Crippen molar-refractivity contribution in [3.63, 3.8) is 0 Å². The molecule has 0 spiro atoms. The second kappa shape index (κ2) is 12.5. The van der Waals surface area contributed by atoms with Crippen LogP contribution in [0.5, 0.6) is 5.75 Å². The molecule has 10 nitrogen and oxygen atoms in total. The fourth-order valence-electron chi connectivity index (χ4n) is 5.00. The molecule has 1 aromatic carbocycles. The van der Waals surface area contributed by atoms with Crippen LogP contribution < -0.4 is 20.7 Å². The first-order valence-corrected chi connectivity index (χ1v) is 13.6. The molecule has 2 amide bonds. The van der Waals surface area contributed by atoms with E-state index in [1.807, 2.05) is 19.0 Å². The highest BCUT2D eigenvalue weighted by Gasteiger charge is 2.34. The van der Waals surface area contributed by atoms with E-state index in [1.54, 1.807) is 36.7 Å². The number of likely N-dealkylation sites (N-methyl/N-ethyl adjacent to an activating group) is 1. The number of amides is 2. The molecule has 2 aliphatic heterocycles. The summed E-state index contributed by atoms with van der Waals surface area (Å²) in [6.45, 7) is 1.85. The molecular weight excluding hydrogens is 539 g/mol. The summed E-state index contributed by atoms with van der Waals surface area (Å²) in [5.74, 6) is 5.46. The van der Waals surface area contributed by atoms with Gasteiger partial charge in [0.15, 0.2) is 11.6 Å². The van der Waals surface area contributed by atoms with Crippen molar-refractivity contribution in [2.75, 3.05) is 52.8 Å². The van der Waals surface area contributed by atoms with E-state index in [-0.39, 0.29) is 24.2 Å². The zero-order valence-corrected chi connectivity index (χ0v) is 23.8. The number of pyridine rings is 1. The Morgan fingerprint density at radius 3 is 2.95 bits per heavy atom. The number of aromatic amines is 1. The topological polar surface area (TPSA) is 121 Å². The largest absolute Gasteiger partial charge is 0.492 e. The van der Waals surface area contributed by atoms with E-state index in [1.165, 1.54) is 19.3 Å². The molecule has 5 rings (SSSR count). The van der Waals surface area contributed by atoms with Crippen molar-refractivity contribution >= 4 is 23.2 Å². The Bertz CT molecular complexity index is 1580. The molecule has 0 aliphatic carbocycles. The van der Waals surface area contributed by atoms with Gasteiger partial charge in [0.2, 0.25) is 5.91 Å². The molecule has 3 aromatic rings. The number of ether oxygens (including phenoxy) is 2. The van der Waals surface area contributed by atoms with Gasteiger partial charge >= 0.3 is 0 Å². The van der Waals surface area contributed by atoms with Crippen LogP contribution in [-0.4, -0.2) is 79.7 Å². The lowest BCUT2D eigenvalue weighted by Gasteiger charge is -2.22. The van der Waals surface area contributed by atoms with Gasteiger partial charge in [-0.05, 0) is 32.3 Å². The number of methoxy groups -OCH3 is 1. The fourth-order valence-corrected chi connectivity index (χ4v) is 5.00. The Labute approximate surface area is 243 Å². The highest BCUT2D eigenvalue weighted by atomic mass is 19.1. The van der Waals surface area contributed by atoms with Gasteiger partial charge in [0.05, 0.1) is 48.5 Å². The van der Waals surface area contributed by atoms with E-state index < -0.39 is 11.4 Å². The smallest absolute Gasteiger partial charge is 0.255 e. The number of H-pyrrole nitrogens is 1. The summed E-state index contributed by atoms with van der Waals surface area (Å²) in [5.41, 5.74) is 3.03. The van der Waals surface area contributed by atoms with E-state index in [0.717, 1.165) is 5.69 Å². The van der Waals surface area contributed by atoms with E-state index in [9.17, 15) is 14.0 Å². The molecule has 1 saturated heterocycles. The first kappa shape index (κ1) is 28.9. The summed E-state index contributed by atoms with van der Waals surface area (Å²) in [7, 11) is 5.24. The average molecular weight is 573 g/mol. The minimum atomic E-state index is -0.864. The quantitative estimate of drug-likeness (QED) is 0.242. The number of hydrogen-bond acceptors (Lipinski definition) is 7. The predicted octanol–water partition coefficient (Wildman–Crippen LogP) is 3.00. The highest BCUT2D eigenvalue weighted by molar-refractivity contribution is 6.06. The lowest BCUT2D eigenvalue weighted by atomic mass is 9.97. The van der Waals surface area contributed by atoms with Crippen LogP contribution in [0.3, 0.4) is 0 Å². The van der Waals surface area contributed by atoms with Gasteiger partial charge in [0.1, 0.15) is 5.54 Å². The molecule has 4 N–H and O–H groups in total. The molecule has 0 radical (unpaired) electrons. The van der Waals surface area contributed by atoms with Crippen molar-refractivity contribution in [2.24, 2.45) is 0 Å². The minimum absolute atomic E-state index is 0.0305. The van der Waals surface area contributed by atoms with Gasteiger partial charge < -0.3 is 35.3 Å². The number of anilines is 2. The van der Waals surface area contributed by atoms with Crippen molar-refractivity contribution in [3.8, 4) is 28.8 Å². The molecule has 218 valence electrons. The van der Waals surface area contributed by atoms with Crippen molar-refractivity contribution in [3.05, 3.63) is 71.4 Å². The average Bonchev–Trinajstić information content (AvgIpc) is 3.58. The maximum absolute atomic E-state index is 14.5. The molecule has 0 bridgehead atoms. The molecule has 11 heteroatoms. The predicted molar refractivity (Wildman–Crippen MR) is 157 cm³/mol. The number of para-hydroxylation sites is 1. The maximum atomic E-state index is 14.5. The third-order valence-corrected chi connectivity index (χ3v) is 7.05. The molecule has 4 heterocycles. The van der Waals surface area contributed by atoms with Gasteiger partial charge in [-0.25, -0.2) is 4.39 Å². The van der Waals surface area contributed by atoms with Gasteiger partial charge in [-0.15, -0.1) is 0 Å². The maximum Gasteiger partial charge on any atom is 0.255 e. The Hall–Kier alpha value is -4.66. The molecular formula is C31H33FN6O4. The van der Waals surface area contributed by atoms with Crippen LogP contribution in [0.2, 0.25) is 0 Å². The molecule has 2 aliphatic rings. The summed E-state index contributed by atoms with van der Waals surface area (Å²) in [5, 5.41) is 9.14. The summed E-state index contributed by atoms with van der Waals surface area (Å²) in [6, 6.07) is 6.35. The number of nitrogens with one attached hydrogen (secondary N) is 4. The van der Waals surface area contributed by atoms with Gasteiger partial charge in [-0.3, -0.25) is 14.6 Å². The number of rotatable bonds is 8. The third kappa shape index (κ3) is 6.15. The molecule has 1 fully saturated rings. The summed E-state index contributed by atoms with van der Waals surface area (Å²) >= 11 is 0. The van der Waals surface area contributed by atoms with Gasteiger partial charge in [0, 0.05) is 55.7 Å². The number of benzene rings is 1. The molecule has 0 saturated carbocycles. The standard InChI is InChI=1S/C31H33FN6O4/c1-38(2)16-5-8-25(39)37-31(13-17-42-19-31)12-9-20-18-33-14-10-21(20)27-28(26-23(35-27)11-15-34-30(26)40)36-24-7-4-6-22(32)29(24)41-3/h4-8,10,14,18,35-36H,11,13,15-17,19H2,1-3H3,(H,34,40)(H,37,39)/b8-5+/t31-/m1/s1. The number of halogens is 1. The Balaban J connectivity index is 1.54. The van der Waals surface area contributed by atoms with Crippen LogP contribution in [0.4, 0.5) is 15.8 Å². The monoisotopic (exact) mass is 572 g/mol. The number of hydrogen-bond donors (Lipinski definition) is 4. The van der Waals surface area contributed by atoms with Gasteiger partial charge in [0.25, 0.3) is 5.91 Å². The Kier molecular flexibility index (Phi) is 8.56. The van der Waals surface area contributed by atoms with Crippen LogP contribution in [0, 0.1) is 17.7 Å². The highest BCUT2D eigenvalue weighted by Crippen LogP contribution is 2.40. The minimum Gasteiger partial charge on any atom is -0.492 e. The summed E-state index contributed by atoms with van der Waals surface area (Å²) in [6.07, 6.45) is 7.69. The molecule has 1 atom stereocenters. The summed E-state index contributed by atoms with van der Waals surface area (Å²) < 4.78 is 25.5. The van der Waals surface area contributed by atoms with Crippen LogP contribution >= 0.6 is 0 Å². The van der Waals surface area contributed by atoms with Crippen LogP contribution in [0.25, 0.3) is 11.3 Å². The second-order valence-electron chi connectivity index (χ2n) is 10.4. The number of aromatic nitrogens is 2. The summed E-state index contributed by atoms with van der Waals surface area (Å²) in [4.78, 5) is 35.4. The zero-order chi connectivity index (χ0) is 29.7. The van der Waals surface area contributed by atoms with Gasteiger partial charge in [-0.2, -0.15) is 0 Å². The number of carbonyl (C=O) groups is 2. The third-order valence-electron chi connectivity index (χ3n) is 7.05.